The van der Waals surface area contributed by atoms with E-state index < -0.39 is 0 Å². The number of benzene rings is 1. The van der Waals surface area contributed by atoms with E-state index >= 15 is 0 Å². The molecule has 3 nitrogen and oxygen atoms in total. The number of nitrogens with two attached hydrogens (primary N) is 1. The molecule has 0 aliphatic heterocycles. The number of rotatable bonds is 8. The normalized spacial score (nSPS) is 12.6. The quantitative estimate of drug-likeness (QED) is 0.476. The zero-order valence-electron chi connectivity index (χ0n) is 11.0. The molecule has 0 saturated heterocycles. The van der Waals surface area contributed by atoms with Crippen molar-refractivity contribution in [1.29, 1.82) is 0 Å². The average Bonchev–Trinajstić information content (AvgIpc) is 2.38. The molecule has 4 N–H and O–H groups in total. The molecule has 96 valence electrons. The second-order valence-electron chi connectivity index (χ2n) is 4.43. The summed E-state index contributed by atoms with van der Waals surface area (Å²) in [5, 5.41) is 6.33. The van der Waals surface area contributed by atoms with Gasteiger partial charge in [0.25, 0.3) is 0 Å². The maximum absolute atomic E-state index is 5.33. The second-order valence-corrected chi connectivity index (χ2v) is 4.43. The van der Waals surface area contributed by atoms with E-state index in [-0.39, 0.29) is 0 Å². The van der Waals surface area contributed by atoms with Gasteiger partial charge in [0.05, 0.1) is 0 Å². The van der Waals surface area contributed by atoms with Gasteiger partial charge in [0.2, 0.25) is 0 Å². The monoisotopic (exact) mass is 235 g/mol. The number of hydrogen-bond donors (Lipinski definition) is 3. The summed E-state index contributed by atoms with van der Waals surface area (Å²) in [6.07, 6.45) is 2.26. The van der Waals surface area contributed by atoms with Crippen molar-refractivity contribution in [3.8, 4) is 0 Å². The molecule has 17 heavy (non-hydrogen) atoms. The Bertz CT molecular complexity index is 295. The fourth-order valence-electron chi connectivity index (χ4n) is 1.73. The minimum absolute atomic E-state index is 0.524. The second kappa shape index (κ2) is 8.23. The van der Waals surface area contributed by atoms with Crippen LogP contribution in [0.1, 0.15) is 37.3 Å². The predicted molar refractivity (Wildman–Crippen MR) is 73.9 cm³/mol. The Kier molecular flexibility index (Phi) is 6.86. The molecule has 0 aliphatic rings. The van der Waals surface area contributed by atoms with Gasteiger partial charge in [-0.25, -0.2) is 0 Å². The van der Waals surface area contributed by atoms with E-state index in [0.29, 0.717) is 12.6 Å². The lowest BCUT2D eigenvalue weighted by molar-refractivity contribution is 0.592. The van der Waals surface area contributed by atoms with Crippen LogP contribution in [0.5, 0.6) is 0 Å². The highest BCUT2D eigenvalue weighted by atomic mass is 15.1. The van der Waals surface area contributed by atoms with Gasteiger partial charge in [-0.1, -0.05) is 38.1 Å². The highest BCUT2D eigenvalue weighted by Crippen LogP contribution is 2.18. The van der Waals surface area contributed by atoms with Crippen LogP contribution in [0.3, 0.4) is 0 Å². The van der Waals surface area contributed by atoms with Crippen LogP contribution in [0.25, 0.3) is 0 Å². The molecule has 0 aromatic heterocycles. The van der Waals surface area contributed by atoms with Gasteiger partial charge in [0.15, 0.2) is 0 Å². The molecule has 0 bridgehead atoms. The molecular formula is C14H25N3. The summed E-state index contributed by atoms with van der Waals surface area (Å²) < 4.78 is 0. The predicted octanol–water partition coefficient (Wildman–Crippen LogP) is 1.80. The fraction of sp³-hybridized carbons (Fsp3) is 0.571. The van der Waals surface area contributed by atoms with Crippen molar-refractivity contribution >= 4 is 0 Å². The Morgan fingerprint density at radius 2 is 1.88 bits per heavy atom. The van der Waals surface area contributed by atoms with Crippen LogP contribution in [0, 0.1) is 0 Å². The van der Waals surface area contributed by atoms with Crippen molar-refractivity contribution < 1.29 is 0 Å². The van der Waals surface area contributed by atoms with E-state index in [1.807, 2.05) is 0 Å². The van der Waals surface area contributed by atoms with Crippen molar-refractivity contribution in [2.45, 2.75) is 32.6 Å². The van der Waals surface area contributed by atoms with Gasteiger partial charge >= 0.3 is 0 Å². The Labute approximate surface area is 105 Å². The van der Waals surface area contributed by atoms with E-state index in [0.717, 1.165) is 19.6 Å². The van der Waals surface area contributed by atoms with Gasteiger partial charge < -0.3 is 11.1 Å². The summed E-state index contributed by atoms with van der Waals surface area (Å²) >= 11 is 0. The first kappa shape index (κ1) is 14.2. The van der Waals surface area contributed by atoms with Gasteiger partial charge in [-0.2, -0.15) is 0 Å². The highest BCUT2D eigenvalue weighted by Gasteiger charge is 2.01. The molecule has 0 saturated carbocycles. The molecule has 1 rings (SSSR count). The Hall–Kier alpha value is -0.900. The summed E-state index contributed by atoms with van der Waals surface area (Å²) in [6, 6.07) is 8.97. The van der Waals surface area contributed by atoms with Crippen LogP contribution in [0.2, 0.25) is 0 Å². The minimum atomic E-state index is 0.524. The number of hydrogen-bond acceptors (Lipinski definition) is 3. The highest BCUT2D eigenvalue weighted by molar-refractivity contribution is 5.25. The van der Waals surface area contributed by atoms with Crippen LogP contribution < -0.4 is 16.4 Å². The van der Waals surface area contributed by atoms with E-state index in [1.54, 1.807) is 0 Å². The molecule has 0 spiro atoms. The third kappa shape index (κ3) is 5.31. The molecule has 0 radical (unpaired) electrons. The molecule has 0 aliphatic carbocycles. The molecule has 1 unspecified atom stereocenters. The van der Waals surface area contributed by atoms with Crippen molar-refractivity contribution in [3.63, 3.8) is 0 Å². The van der Waals surface area contributed by atoms with Gasteiger partial charge in [-0.05, 0) is 29.9 Å². The van der Waals surface area contributed by atoms with E-state index in [1.165, 1.54) is 17.5 Å². The first-order chi connectivity index (χ1) is 8.27. The largest absolute Gasteiger partial charge is 0.318 e. The molecule has 3 heteroatoms. The maximum atomic E-state index is 5.33. The molecule has 0 amide bonds. The lowest BCUT2D eigenvalue weighted by atomic mass is 9.97. The SMILES string of the molecule is CCC(C)c1ccc(CCNCNCN)cc1. The van der Waals surface area contributed by atoms with Gasteiger partial charge in [-0.15, -0.1) is 0 Å². The molecule has 0 fully saturated rings. The van der Waals surface area contributed by atoms with Gasteiger partial charge in [-0.3, -0.25) is 5.32 Å². The van der Waals surface area contributed by atoms with Gasteiger partial charge in [0, 0.05) is 19.9 Å². The summed E-state index contributed by atoms with van der Waals surface area (Å²) in [6.45, 7) is 6.79. The zero-order valence-corrected chi connectivity index (χ0v) is 11.0. The van der Waals surface area contributed by atoms with Crippen LogP contribution in [-0.4, -0.2) is 19.9 Å². The summed E-state index contributed by atoms with van der Waals surface area (Å²) in [5.74, 6) is 0.663. The van der Waals surface area contributed by atoms with Crippen LogP contribution in [-0.2, 0) is 6.42 Å². The summed E-state index contributed by atoms with van der Waals surface area (Å²) in [4.78, 5) is 0. The van der Waals surface area contributed by atoms with Crippen molar-refractivity contribution in [2.75, 3.05) is 19.9 Å². The standard InChI is InChI=1S/C14H25N3/c1-3-12(2)14-6-4-13(5-7-14)8-9-16-11-17-10-15/h4-7,12,16-17H,3,8-11,15H2,1-2H3. The molecule has 1 atom stereocenters. The third-order valence-corrected chi connectivity index (χ3v) is 3.15. The van der Waals surface area contributed by atoms with Crippen LogP contribution in [0.4, 0.5) is 0 Å². The van der Waals surface area contributed by atoms with E-state index in [9.17, 15) is 0 Å². The Morgan fingerprint density at radius 3 is 2.47 bits per heavy atom. The smallest absolute Gasteiger partial charge is 0.0464 e. The lowest BCUT2D eigenvalue weighted by Gasteiger charge is -2.10. The topological polar surface area (TPSA) is 50.1 Å². The first-order valence-electron chi connectivity index (χ1n) is 6.48. The maximum Gasteiger partial charge on any atom is 0.0464 e. The van der Waals surface area contributed by atoms with Crippen LogP contribution in [0.15, 0.2) is 24.3 Å². The molecule has 1 aromatic carbocycles. The van der Waals surface area contributed by atoms with Crippen LogP contribution >= 0.6 is 0 Å². The lowest BCUT2D eigenvalue weighted by Crippen LogP contribution is -2.33. The summed E-state index contributed by atoms with van der Waals surface area (Å²) in [5.41, 5.74) is 8.15. The van der Waals surface area contributed by atoms with Gasteiger partial charge in [0.1, 0.15) is 0 Å². The summed E-state index contributed by atoms with van der Waals surface area (Å²) in [7, 11) is 0. The fourth-order valence-corrected chi connectivity index (χ4v) is 1.73. The van der Waals surface area contributed by atoms with Crippen molar-refractivity contribution in [1.82, 2.24) is 10.6 Å². The minimum Gasteiger partial charge on any atom is -0.318 e. The van der Waals surface area contributed by atoms with Crippen molar-refractivity contribution in [3.05, 3.63) is 35.4 Å². The Morgan fingerprint density at radius 1 is 1.18 bits per heavy atom. The third-order valence-electron chi connectivity index (χ3n) is 3.15. The number of nitrogens with one attached hydrogen (secondary N) is 2. The molecule has 1 aromatic rings. The molecule has 0 heterocycles. The zero-order chi connectivity index (χ0) is 12.5. The first-order valence-corrected chi connectivity index (χ1v) is 6.48. The molecular weight excluding hydrogens is 210 g/mol. The average molecular weight is 235 g/mol. The Balaban J connectivity index is 2.30. The van der Waals surface area contributed by atoms with E-state index in [2.05, 4.69) is 48.7 Å². The van der Waals surface area contributed by atoms with Crippen molar-refractivity contribution in [2.24, 2.45) is 5.73 Å². The van der Waals surface area contributed by atoms with E-state index in [4.69, 9.17) is 5.73 Å².